The van der Waals surface area contributed by atoms with E-state index in [1.165, 1.54) is 84.1 Å². The largest absolute Gasteiger partial charge is 0.329 e. The number of hydrogen-bond donors (Lipinski definition) is 1. The molecule has 2 heterocycles. The summed E-state index contributed by atoms with van der Waals surface area (Å²) < 4.78 is 0. The lowest BCUT2D eigenvalue weighted by molar-refractivity contribution is -0.0143. The Balaban J connectivity index is 1.60. The predicted molar refractivity (Wildman–Crippen MR) is 84.8 cm³/mol. The third-order valence-corrected chi connectivity index (χ3v) is 6.77. The second kappa shape index (κ2) is 5.94. The SMILES string of the molecule is CCN1CCC(CN)(N2CCC3(CCCC3)CC2)CC1. The van der Waals surface area contributed by atoms with Gasteiger partial charge >= 0.3 is 0 Å². The molecule has 0 aromatic rings. The van der Waals surface area contributed by atoms with E-state index in [0.717, 1.165) is 12.0 Å². The van der Waals surface area contributed by atoms with Gasteiger partial charge in [-0.05, 0) is 76.7 Å². The highest BCUT2D eigenvalue weighted by Gasteiger charge is 2.44. The van der Waals surface area contributed by atoms with Crippen LogP contribution in [0.3, 0.4) is 0 Å². The van der Waals surface area contributed by atoms with Gasteiger partial charge in [-0.1, -0.05) is 19.8 Å². The number of hydrogen-bond acceptors (Lipinski definition) is 3. The van der Waals surface area contributed by atoms with Gasteiger partial charge in [0.05, 0.1) is 0 Å². The highest BCUT2D eigenvalue weighted by Crippen LogP contribution is 2.47. The average Bonchev–Trinajstić information content (AvgIpc) is 2.96. The Hall–Kier alpha value is -0.120. The van der Waals surface area contributed by atoms with Crippen LogP contribution >= 0.6 is 0 Å². The summed E-state index contributed by atoms with van der Waals surface area (Å²) in [5.41, 5.74) is 7.30. The monoisotopic (exact) mass is 279 g/mol. The van der Waals surface area contributed by atoms with Gasteiger partial charge < -0.3 is 10.6 Å². The Labute approximate surface area is 124 Å². The number of piperidine rings is 2. The van der Waals surface area contributed by atoms with Gasteiger partial charge in [0.25, 0.3) is 0 Å². The van der Waals surface area contributed by atoms with Crippen LogP contribution in [0.2, 0.25) is 0 Å². The lowest BCUT2D eigenvalue weighted by Gasteiger charge is -2.52. The van der Waals surface area contributed by atoms with E-state index in [0.29, 0.717) is 5.54 Å². The molecule has 2 aliphatic heterocycles. The zero-order valence-corrected chi connectivity index (χ0v) is 13.4. The Morgan fingerprint density at radius 3 is 1.95 bits per heavy atom. The second-order valence-electron chi connectivity index (χ2n) is 7.56. The van der Waals surface area contributed by atoms with Crippen LogP contribution in [0.5, 0.6) is 0 Å². The molecule has 3 aliphatic rings. The maximum absolute atomic E-state index is 6.24. The van der Waals surface area contributed by atoms with Crippen molar-refractivity contribution in [2.45, 2.75) is 63.8 Å². The van der Waals surface area contributed by atoms with Gasteiger partial charge in [0.1, 0.15) is 0 Å². The van der Waals surface area contributed by atoms with Crippen LogP contribution in [0.15, 0.2) is 0 Å². The van der Waals surface area contributed by atoms with Crippen molar-refractivity contribution in [2.75, 3.05) is 39.3 Å². The van der Waals surface area contributed by atoms with E-state index in [4.69, 9.17) is 5.73 Å². The number of nitrogens with zero attached hydrogens (tertiary/aromatic N) is 2. The van der Waals surface area contributed by atoms with Gasteiger partial charge in [-0.25, -0.2) is 0 Å². The maximum atomic E-state index is 6.24. The van der Waals surface area contributed by atoms with E-state index in [9.17, 15) is 0 Å². The molecule has 2 N–H and O–H groups in total. The molecule has 3 heteroatoms. The first-order valence-corrected chi connectivity index (χ1v) is 8.89. The van der Waals surface area contributed by atoms with E-state index in [-0.39, 0.29) is 0 Å². The molecule has 3 rings (SSSR count). The standard InChI is InChI=1S/C17H33N3/c1-2-19-11-9-17(15-18,10-12-19)20-13-7-16(8-14-20)5-3-4-6-16/h2-15,18H2,1H3. The first kappa shape index (κ1) is 14.8. The van der Waals surface area contributed by atoms with Crippen molar-refractivity contribution in [3.8, 4) is 0 Å². The number of nitrogens with two attached hydrogens (primary N) is 1. The molecule has 0 radical (unpaired) electrons. The molecule has 1 saturated carbocycles. The Morgan fingerprint density at radius 1 is 0.850 bits per heavy atom. The van der Waals surface area contributed by atoms with Gasteiger partial charge in [-0.2, -0.15) is 0 Å². The molecule has 0 atom stereocenters. The molecule has 1 aliphatic carbocycles. The normalized spacial score (nSPS) is 30.9. The van der Waals surface area contributed by atoms with Crippen molar-refractivity contribution in [1.29, 1.82) is 0 Å². The summed E-state index contributed by atoms with van der Waals surface area (Å²) in [6.45, 7) is 9.44. The van der Waals surface area contributed by atoms with E-state index < -0.39 is 0 Å². The molecular formula is C17H33N3. The zero-order valence-electron chi connectivity index (χ0n) is 13.4. The third kappa shape index (κ3) is 2.65. The fourth-order valence-corrected chi connectivity index (χ4v) is 5.02. The van der Waals surface area contributed by atoms with Crippen LogP contribution in [0.25, 0.3) is 0 Å². The molecule has 3 nitrogen and oxygen atoms in total. The second-order valence-corrected chi connectivity index (χ2v) is 7.56. The van der Waals surface area contributed by atoms with Crippen molar-refractivity contribution < 1.29 is 0 Å². The molecule has 2 saturated heterocycles. The molecule has 3 fully saturated rings. The summed E-state index contributed by atoms with van der Waals surface area (Å²) in [5.74, 6) is 0. The topological polar surface area (TPSA) is 32.5 Å². The molecule has 1 spiro atoms. The lowest BCUT2D eigenvalue weighted by atomic mass is 9.74. The quantitative estimate of drug-likeness (QED) is 0.861. The summed E-state index contributed by atoms with van der Waals surface area (Å²) in [6, 6.07) is 0. The van der Waals surface area contributed by atoms with Crippen molar-refractivity contribution >= 4 is 0 Å². The highest BCUT2D eigenvalue weighted by atomic mass is 15.2. The van der Waals surface area contributed by atoms with Gasteiger partial charge in [0, 0.05) is 12.1 Å². The zero-order chi connectivity index (χ0) is 14.1. The number of likely N-dealkylation sites (tertiary alicyclic amines) is 2. The van der Waals surface area contributed by atoms with Gasteiger partial charge in [0.15, 0.2) is 0 Å². The van der Waals surface area contributed by atoms with Gasteiger partial charge in [0.2, 0.25) is 0 Å². The van der Waals surface area contributed by atoms with Crippen LogP contribution in [0.1, 0.15) is 58.3 Å². The van der Waals surface area contributed by atoms with Gasteiger partial charge in [-0.15, -0.1) is 0 Å². The van der Waals surface area contributed by atoms with Crippen LogP contribution in [0.4, 0.5) is 0 Å². The van der Waals surface area contributed by atoms with Gasteiger partial charge in [-0.3, -0.25) is 4.90 Å². The van der Waals surface area contributed by atoms with Crippen molar-refractivity contribution in [1.82, 2.24) is 9.80 Å². The Kier molecular flexibility index (Phi) is 4.40. The van der Waals surface area contributed by atoms with Crippen LogP contribution in [-0.2, 0) is 0 Å². The average molecular weight is 279 g/mol. The summed E-state index contributed by atoms with van der Waals surface area (Å²) in [7, 11) is 0. The first-order valence-electron chi connectivity index (χ1n) is 8.89. The minimum Gasteiger partial charge on any atom is -0.329 e. The van der Waals surface area contributed by atoms with Crippen LogP contribution in [0, 0.1) is 5.41 Å². The van der Waals surface area contributed by atoms with Crippen molar-refractivity contribution in [2.24, 2.45) is 11.1 Å². The Bertz CT molecular complexity index is 304. The Morgan fingerprint density at radius 2 is 1.45 bits per heavy atom. The van der Waals surface area contributed by atoms with Crippen LogP contribution < -0.4 is 5.73 Å². The lowest BCUT2D eigenvalue weighted by Crippen LogP contribution is -2.61. The minimum absolute atomic E-state index is 0.325. The maximum Gasteiger partial charge on any atom is 0.0356 e. The molecule has 0 bridgehead atoms. The summed E-state index contributed by atoms with van der Waals surface area (Å²) in [6.07, 6.45) is 11.4. The molecule has 0 aromatic heterocycles. The first-order chi connectivity index (χ1) is 9.72. The molecule has 116 valence electrons. The molecule has 20 heavy (non-hydrogen) atoms. The fraction of sp³-hybridized carbons (Fsp3) is 1.00. The highest BCUT2D eigenvalue weighted by molar-refractivity contribution is 5.00. The fourth-order valence-electron chi connectivity index (χ4n) is 5.02. The van der Waals surface area contributed by atoms with E-state index >= 15 is 0 Å². The summed E-state index contributed by atoms with van der Waals surface area (Å²) >= 11 is 0. The van der Waals surface area contributed by atoms with Crippen LogP contribution in [-0.4, -0.2) is 54.6 Å². The van der Waals surface area contributed by atoms with E-state index in [1.807, 2.05) is 0 Å². The van der Waals surface area contributed by atoms with E-state index in [2.05, 4.69) is 16.7 Å². The minimum atomic E-state index is 0.325. The third-order valence-electron chi connectivity index (χ3n) is 6.77. The van der Waals surface area contributed by atoms with Crippen molar-refractivity contribution in [3.05, 3.63) is 0 Å². The molecule has 0 unspecified atom stereocenters. The summed E-state index contributed by atoms with van der Waals surface area (Å²) in [4.78, 5) is 5.36. The molecule has 0 aromatic carbocycles. The van der Waals surface area contributed by atoms with Crippen molar-refractivity contribution in [3.63, 3.8) is 0 Å². The molecular weight excluding hydrogens is 246 g/mol. The summed E-state index contributed by atoms with van der Waals surface area (Å²) in [5, 5.41) is 0. The predicted octanol–water partition coefficient (Wildman–Crippen LogP) is 2.46. The molecule has 0 amide bonds. The van der Waals surface area contributed by atoms with E-state index in [1.54, 1.807) is 0 Å². The smallest absolute Gasteiger partial charge is 0.0356 e. The number of rotatable bonds is 3.